The molecule has 1 fully saturated rings. The van der Waals surface area contributed by atoms with Gasteiger partial charge in [0.15, 0.2) is 18.1 Å². The number of ether oxygens (including phenoxy) is 3. The SMILES string of the molecule is CCCCOC(=O)CN1C(=O)S/C(=C\c2ccc(OCC(=O)Nc3ccccc3C)c(OC)c2)C1=O. The van der Waals surface area contributed by atoms with Crippen molar-refractivity contribution in [3.8, 4) is 11.5 Å². The fraction of sp³-hybridized carbons (Fsp3) is 0.308. The molecule has 0 bridgehead atoms. The molecule has 0 atom stereocenters. The van der Waals surface area contributed by atoms with E-state index in [1.54, 1.807) is 24.3 Å². The van der Waals surface area contributed by atoms with Crippen LogP contribution in [0.1, 0.15) is 30.9 Å². The minimum atomic E-state index is -0.623. The fourth-order valence-electron chi connectivity index (χ4n) is 3.23. The number of thioether (sulfide) groups is 1. The highest BCUT2D eigenvalue weighted by atomic mass is 32.2. The first-order chi connectivity index (χ1) is 17.3. The zero-order valence-electron chi connectivity index (χ0n) is 20.4. The van der Waals surface area contributed by atoms with E-state index in [1.807, 2.05) is 32.0 Å². The Hall–Kier alpha value is -3.79. The number of anilines is 1. The molecule has 0 radical (unpaired) electrons. The highest BCUT2D eigenvalue weighted by molar-refractivity contribution is 8.18. The standard InChI is InChI=1S/C26H28N2O7S/c1-4-5-12-34-24(30)15-28-25(31)22(36-26(28)32)14-18-10-11-20(21(13-18)33-3)35-16-23(29)27-19-9-7-6-8-17(19)2/h6-11,13-14H,4-5,12,15-16H2,1-3H3,(H,27,29)/b22-14-. The number of unbranched alkanes of at least 4 members (excludes halogenated alkanes) is 1. The van der Waals surface area contributed by atoms with Crippen molar-refractivity contribution in [2.45, 2.75) is 26.7 Å². The predicted molar refractivity (Wildman–Crippen MR) is 137 cm³/mol. The first-order valence-electron chi connectivity index (χ1n) is 11.4. The second-order valence-electron chi connectivity index (χ2n) is 7.90. The number of carbonyl (C=O) groups excluding carboxylic acids is 4. The molecule has 1 N–H and O–H groups in total. The molecule has 2 aromatic carbocycles. The van der Waals surface area contributed by atoms with Gasteiger partial charge in [-0.2, -0.15) is 0 Å². The molecule has 1 aliphatic rings. The number of rotatable bonds is 11. The highest BCUT2D eigenvalue weighted by Gasteiger charge is 2.36. The first kappa shape index (κ1) is 26.8. The Labute approximate surface area is 213 Å². The summed E-state index contributed by atoms with van der Waals surface area (Å²) in [7, 11) is 1.46. The lowest BCUT2D eigenvalue weighted by Gasteiger charge is -2.12. The molecule has 0 aliphatic carbocycles. The largest absolute Gasteiger partial charge is 0.493 e. The van der Waals surface area contributed by atoms with E-state index in [1.165, 1.54) is 13.2 Å². The maximum absolute atomic E-state index is 12.7. The molecular weight excluding hydrogens is 484 g/mol. The van der Waals surface area contributed by atoms with Gasteiger partial charge >= 0.3 is 5.97 Å². The van der Waals surface area contributed by atoms with Gasteiger partial charge in [0.1, 0.15) is 6.54 Å². The Morgan fingerprint density at radius 2 is 1.89 bits per heavy atom. The lowest BCUT2D eigenvalue weighted by atomic mass is 10.2. The molecule has 0 aromatic heterocycles. The Morgan fingerprint density at radius 3 is 2.61 bits per heavy atom. The number of benzene rings is 2. The molecule has 3 rings (SSSR count). The molecule has 2 aromatic rings. The maximum atomic E-state index is 12.7. The van der Waals surface area contributed by atoms with Crippen LogP contribution in [0.25, 0.3) is 6.08 Å². The lowest BCUT2D eigenvalue weighted by molar-refractivity contribution is -0.146. The maximum Gasteiger partial charge on any atom is 0.326 e. The third kappa shape index (κ3) is 7.11. The summed E-state index contributed by atoms with van der Waals surface area (Å²) in [5.74, 6) is -0.813. The van der Waals surface area contributed by atoms with Crippen molar-refractivity contribution in [1.82, 2.24) is 4.90 Å². The summed E-state index contributed by atoms with van der Waals surface area (Å²) in [5.41, 5.74) is 2.22. The topological polar surface area (TPSA) is 111 Å². The molecule has 0 unspecified atom stereocenters. The van der Waals surface area contributed by atoms with Crippen molar-refractivity contribution in [3.05, 3.63) is 58.5 Å². The fourth-order valence-corrected chi connectivity index (χ4v) is 4.07. The van der Waals surface area contributed by atoms with E-state index < -0.39 is 23.7 Å². The number of hydrogen-bond donors (Lipinski definition) is 1. The van der Waals surface area contributed by atoms with Crippen LogP contribution in [0.2, 0.25) is 0 Å². The predicted octanol–water partition coefficient (Wildman–Crippen LogP) is 4.40. The second-order valence-corrected chi connectivity index (χ2v) is 8.90. The van der Waals surface area contributed by atoms with Crippen molar-refractivity contribution < 1.29 is 33.4 Å². The molecule has 0 spiro atoms. The quantitative estimate of drug-likeness (QED) is 0.268. The molecular formula is C26H28N2O7S. The summed E-state index contributed by atoms with van der Waals surface area (Å²) in [6.07, 6.45) is 3.11. The van der Waals surface area contributed by atoms with Gasteiger partial charge in [0.05, 0.1) is 18.6 Å². The van der Waals surface area contributed by atoms with Crippen LogP contribution in [0.15, 0.2) is 47.4 Å². The summed E-state index contributed by atoms with van der Waals surface area (Å²) < 4.78 is 16.0. The molecule has 36 heavy (non-hydrogen) atoms. The summed E-state index contributed by atoms with van der Waals surface area (Å²) in [4.78, 5) is 50.2. The Bertz CT molecular complexity index is 1180. The van der Waals surface area contributed by atoms with Gasteiger partial charge in [-0.25, -0.2) is 0 Å². The van der Waals surface area contributed by atoms with Crippen LogP contribution in [-0.2, 0) is 19.1 Å². The zero-order chi connectivity index (χ0) is 26.1. The van der Waals surface area contributed by atoms with Crippen molar-refractivity contribution in [2.75, 3.05) is 32.2 Å². The van der Waals surface area contributed by atoms with Gasteiger partial charge in [0.2, 0.25) is 0 Å². The Morgan fingerprint density at radius 1 is 1.11 bits per heavy atom. The van der Waals surface area contributed by atoms with E-state index in [-0.39, 0.29) is 24.0 Å². The number of nitrogens with one attached hydrogen (secondary N) is 1. The van der Waals surface area contributed by atoms with E-state index in [2.05, 4.69) is 5.32 Å². The minimum Gasteiger partial charge on any atom is -0.493 e. The summed E-state index contributed by atoms with van der Waals surface area (Å²) in [6, 6.07) is 12.3. The van der Waals surface area contributed by atoms with Gasteiger partial charge < -0.3 is 19.5 Å². The van der Waals surface area contributed by atoms with Crippen LogP contribution < -0.4 is 14.8 Å². The number of carbonyl (C=O) groups is 4. The van der Waals surface area contributed by atoms with Gasteiger partial charge in [0.25, 0.3) is 17.1 Å². The van der Waals surface area contributed by atoms with E-state index >= 15 is 0 Å². The Kier molecular flexibility index (Phi) is 9.52. The number of amides is 3. The monoisotopic (exact) mass is 512 g/mol. The van der Waals surface area contributed by atoms with Crippen LogP contribution in [0.5, 0.6) is 11.5 Å². The summed E-state index contributed by atoms with van der Waals surface area (Å²) in [5, 5.41) is 2.26. The molecule has 1 saturated heterocycles. The number of hydrogen-bond acceptors (Lipinski definition) is 8. The number of methoxy groups -OCH3 is 1. The molecule has 1 aliphatic heterocycles. The van der Waals surface area contributed by atoms with Crippen LogP contribution in [0.4, 0.5) is 10.5 Å². The molecule has 9 nitrogen and oxygen atoms in total. The van der Waals surface area contributed by atoms with Crippen molar-refractivity contribution in [2.24, 2.45) is 0 Å². The van der Waals surface area contributed by atoms with Crippen molar-refractivity contribution in [1.29, 1.82) is 0 Å². The Balaban J connectivity index is 1.63. The minimum absolute atomic E-state index is 0.176. The van der Waals surface area contributed by atoms with E-state index in [0.29, 0.717) is 29.2 Å². The average Bonchev–Trinajstić information content (AvgIpc) is 3.12. The third-order valence-electron chi connectivity index (χ3n) is 5.19. The molecule has 3 amide bonds. The summed E-state index contributed by atoms with van der Waals surface area (Å²) in [6.45, 7) is 3.46. The average molecular weight is 513 g/mol. The second kappa shape index (κ2) is 12.8. The normalized spacial score (nSPS) is 14.2. The zero-order valence-corrected chi connectivity index (χ0v) is 21.2. The number of imide groups is 1. The number of aryl methyl sites for hydroxylation is 1. The molecule has 10 heteroatoms. The van der Waals surface area contributed by atoms with Gasteiger partial charge in [-0.1, -0.05) is 37.6 Å². The lowest BCUT2D eigenvalue weighted by Crippen LogP contribution is -2.34. The van der Waals surface area contributed by atoms with Crippen molar-refractivity contribution in [3.63, 3.8) is 0 Å². The van der Waals surface area contributed by atoms with Crippen LogP contribution >= 0.6 is 11.8 Å². The molecule has 1 heterocycles. The third-order valence-corrected chi connectivity index (χ3v) is 6.09. The van der Waals surface area contributed by atoms with Crippen LogP contribution in [0.3, 0.4) is 0 Å². The van der Waals surface area contributed by atoms with E-state index in [0.717, 1.165) is 28.6 Å². The van der Waals surface area contributed by atoms with Crippen molar-refractivity contribution >= 4 is 46.5 Å². The number of esters is 1. The number of nitrogens with zero attached hydrogens (tertiary/aromatic N) is 1. The first-order valence-corrected chi connectivity index (χ1v) is 12.2. The summed E-state index contributed by atoms with van der Waals surface area (Å²) >= 11 is 0.747. The van der Waals surface area contributed by atoms with E-state index in [4.69, 9.17) is 14.2 Å². The highest BCUT2D eigenvalue weighted by Crippen LogP contribution is 2.34. The van der Waals surface area contributed by atoms with E-state index in [9.17, 15) is 19.2 Å². The van der Waals surface area contributed by atoms with Gasteiger partial charge in [-0.05, 0) is 60.5 Å². The van der Waals surface area contributed by atoms with Gasteiger partial charge in [-0.3, -0.25) is 24.1 Å². The van der Waals surface area contributed by atoms with Gasteiger partial charge in [-0.15, -0.1) is 0 Å². The van der Waals surface area contributed by atoms with Crippen LogP contribution in [-0.4, -0.2) is 54.8 Å². The van der Waals surface area contributed by atoms with Crippen LogP contribution in [0, 0.1) is 6.92 Å². The molecule has 0 saturated carbocycles. The smallest absolute Gasteiger partial charge is 0.326 e. The molecule has 190 valence electrons. The van der Waals surface area contributed by atoms with Gasteiger partial charge in [0, 0.05) is 5.69 Å². The number of para-hydroxylation sites is 1.